The monoisotopic (exact) mass is 256 g/mol. The van der Waals surface area contributed by atoms with Crippen LogP contribution in [0.3, 0.4) is 0 Å². The largest absolute Gasteiger partial charge is 0.379 e. The third-order valence-corrected chi connectivity index (χ3v) is 4.16. The van der Waals surface area contributed by atoms with Crippen LogP contribution in [0, 0.1) is 0 Å². The van der Waals surface area contributed by atoms with Crippen molar-refractivity contribution in [2.75, 3.05) is 26.7 Å². The van der Waals surface area contributed by atoms with Crippen LogP contribution in [0.25, 0.3) is 0 Å². The maximum atomic E-state index is 5.44. The van der Waals surface area contributed by atoms with Crippen LogP contribution in [0.4, 0.5) is 0 Å². The quantitative estimate of drug-likeness (QED) is 0.818. The molecule has 0 unspecified atom stereocenters. The SMILES string of the molecule is COC(C)(C)CCNC1CCN(C(C)(C)C)CC1. The molecule has 0 aliphatic carbocycles. The normalized spacial score (nSPS) is 20.3. The Morgan fingerprint density at radius 3 is 2.11 bits per heavy atom. The average Bonchev–Trinajstić information content (AvgIpc) is 2.28. The molecule has 3 heteroatoms. The number of methoxy groups -OCH3 is 1. The molecule has 1 saturated heterocycles. The maximum absolute atomic E-state index is 5.44. The molecule has 1 aliphatic heterocycles. The molecule has 1 rings (SSSR count). The average molecular weight is 256 g/mol. The van der Waals surface area contributed by atoms with Gasteiger partial charge in [-0.1, -0.05) is 0 Å². The fourth-order valence-electron chi connectivity index (χ4n) is 2.43. The van der Waals surface area contributed by atoms with Crippen LogP contribution in [-0.4, -0.2) is 48.8 Å². The Morgan fingerprint density at radius 1 is 1.11 bits per heavy atom. The molecule has 0 spiro atoms. The van der Waals surface area contributed by atoms with Crippen molar-refractivity contribution in [2.24, 2.45) is 0 Å². The van der Waals surface area contributed by atoms with Crippen LogP contribution in [0.15, 0.2) is 0 Å². The Bertz CT molecular complexity index is 237. The molecule has 0 radical (unpaired) electrons. The molecular weight excluding hydrogens is 224 g/mol. The lowest BCUT2D eigenvalue weighted by Crippen LogP contribution is -2.50. The van der Waals surface area contributed by atoms with Gasteiger partial charge in [-0.05, 0) is 60.4 Å². The summed E-state index contributed by atoms with van der Waals surface area (Å²) in [7, 11) is 1.79. The van der Waals surface area contributed by atoms with Gasteiger partial charge in [-0.3, -0.25) is 4.90 Å². The molecule has 1 heterocycles. The van der Waals surface area contributed by atoms with Gasteiger partial charge in [0, 0.05) is 31.8 Å². The maximum Gasteiger partial charge on any atom is 0.0634 e. The molecule has 0 saturated carbocycles. The topological polar surface area (TPSA) is 24.5 Å². The van der Waals surface area contributed by atoms with E-state index in [1.165, 1.54) is 25.9 Å². The van der Waals surface area contributed by atoms with E-state index in [1.807, 2.05) is 0 Å². The highest BCUT2D eigenvalue weighted by molar-refractivity contribution is 4.84. The molecule has 108 valence electrons. The molecule has 1 aliphatic rings. The number of piperidine rings is 1. The van der Waals surface area contributed by atoms with Crippen molar-refractivity contribution in [3.63, 3.8) is 0 Å². The highest BCUT2D eigenvalue weighted by Gasteiger charge is 2.26. The van der Waals surface area contributed by atoms with Gasteiger partial charge in [-0.15, -0.1) is 0 Å². The summed E-state index contributed by atoms with van der Waals surface area (Å²) in [6.07, 6.45) is 3.61. The summed E-state index contributed by atoms with van der Waals surface area (Å²) in [6, 6.07) is 0.691. The Morgan fingerprint density at radius 2 is 1.67 bits per heavy atom. The molecule has 3 nitrogen and oxygen atoms in total. The number of hydrogen-bond acceptors (Lipinski definition) is 3. The first-order chi connectivity index (χ1) is 8.24. The van der Waals surface area contributed by atoms with E-state index in [4.69, 9.17) is 4.74 Å². The van der Waals surface area contributed by atoms with Crippen molar-refractivity contribution in [2.45, 2.75) is 71.1 Å². The van der Waals surface area contributed by atoms with Crippen LogP contribution in [0.2, 0.25) is 0 Å². The second-order valence-corrected chi connectivity index (χ2v) is 7.10. The summed E-state index contributed by atoms with van der Waals surface area (Å²) >= 11 is 0. The van der Waals surface area contributed by atoms with Crippen molar-refractivity contribution < 1.29 is 4.74 Å². The number of nitrogens with one attached hydrogen (secondary N) is 1. The van der Waals surface area contributed by atoms with Crippen molar-refractivity contribution >= 4 is 0 Å². The molecular formula is C15H32N2O. The van der Waals surface area contributed by atoms with Gasteiger partial charge < -0.3 is 10.1 Å². The minimum atomic E-state index is -0.000881. The predicted molar refractivity (Wildman–Crippen MR) is 78.1 cm³/mol. The lowest BCUT2D eigenvalue weighted by atomic mass is 9.97. The summed E-state index contributed by atoms with van der Waals surface area (Å²) in [5.74, 6) is 0. The molecule has 1 fully saturated rings. The second kappa shape index (κ2) is 6.36. The van der Waals surface area contributed by atoms with Gasteiger partial charge in [-0.2, -0.15) is 0 Å². The fourth-order valence-corrected chi connectivity index (χ4v) is 2.43. The standard InChI is InChI=1S/C15H32N2O/c1-14(2,3)17-11-7-13(8-12-17)16-10-9-15(4,5)18-6/h13,16H,7-12H2,1-6H3. The lowest BCUT2D eigenvalue weighted by Gasteiger charge is -2.41. The summed E-state index contributed by atoms with van der Waals surface area (Å²) in [5.41, 5.74) is 0.322. The molecule has 0 aromatic rings. The van der Waals surface area contributed by atoms with Gasteiger partial charge in [-0.25, -0.2) is 0 Å². The first kappa shape index (κ1) is 15.9. The first-order valence-corrected chi connectivity index (χ1v) is 7.28. The number of rotatable bonds is 5. The number of likely N-dealkylation sites (tertiary alicyclic amines) is 1. The van der Waals surface area contributed by atoms with Crippen LogP contribution < -0.4 is 5.32 Å². The van der Waals surface area contributed by atoms with Gasteiger partial charge in [0.15, 0.2) is 0 Å². The molecule has 0 aromatic carbocycles. The summed E-state index contributed by atoms with van der Waals surface area (Å²) in [6.45, 7) is 14.7. The zero-order valence-corrected chi connectivity index (χ0v) is 13.2. The predicted octanol–water partition coefficient (Wildman–Crippen LogP) is 2.65. The van der Waals surface area contributed by atoms with Gasteiger partial charge in [0.25, 0.3) is 0 Å². The minimum absolute atomic E-state index is 0.000881. The molecule has 0 amide bonds. The van der Waals surface area contributed by atoms with E-state index in [0.717, 1.165) is 13.0 Å². The van der Waals surface area contributed by atoms with E-state index in [1.54, 1.807) is 7.11 Å². The van der Waals surface area contributed by atoms with E-state index in [0.29, 0.717) is 11.6 Å². The summed E-state index contributed by atoms with van der Waals surface area (Å²) in [4.78, 5) is 2.59. The number of nitrogens with zero attached hydrogens (tertiary/aromatic N) is 1. The second-order valence-electron chi connectivity index (χ2n) is 7.10. The zero-order chi connectivity index (χ0) is 13.8. The fraction of sp³-hybridized carbons (Fsp3) is 1.00. The highest BCUT2D eigenvalue weighted by Crippen LogP contribution is 2.20. The molecule has 0 atom stereocenters. The van der Waals surface area contributed by atoms with E-state index in [2.05, 4.69) is 44.8 Å². The molecule has 0 bridgehead atoms. The lowest BCUT2D eigenvalue weighted by molar-refractivity contribution is 0.0144. The van der Waals surface area contributed by atoms with Crippen molar-refractivity contribution in [3.8, 4) is 0 Å². The van der Waals surface area contributed by atoms with Crippen LogP contribution in [0.5, 0.6) is 0 Å². The first-order valence-electron chi connectivity index (χ1n) is 7.28. The Kier molecular flexibility index (Phi) is 5.63. The van der Waals surface area contributed by atoms with Gasteiger partial charge in [0.1, 0.15) is 0 Å². The molecule has 1 N–H and O–H groups in total. The van der Waals surface area contributed by atoms with Gasteiger partial charge >= 0.3 is 0 Å². The van der Waals surface area contributed by atoms with Crippen LogP contribution in [-0.2, 0) is 4.74 Å². The summed E-state index contributed by atoms with van der Waals surface area (Å²) < 4.78 is 5.44. The highest BCUT2D eigenvalue weighted by atomic mass is 16.5. The number of hydrogen-bond donors (Lipinski definition) is 1. The summed E-state index contributed by atoms with van der Waals surface area (Å²) in [5, 5.41) is 3.68. The Labute approximate surface area is 113 Å². The van der Waals surface area contributed by atoms with Crippen molar-refractivity contribution in [3.05, 3.63) is 0 Å². The van der Waals surface area contributed by atoms with Crippen molar-refractivity contribution in [1.29, 1.82) is 0 Å². The Hall–Kier alpha value is -0.120. The molecule has 0 aromatic heterocycles. The Balaban J connectivity index is 2.20. The molecule has 18 heavy (non-hydrogen) atoms. The van der Waals surface area contributed by atoms with Gasteiger partial charge in [0.2, 0.25) is 0 Å². The van der Waals surface area contributed by atoms with Crippen LogP contribution >= 0.6 is 0 Å². The van der Waals surface area contributed by atoms with Gasteiger partial charge in [0.05, 0.1) is 5.60 Å². The zero-order valence-electron chi connectivity index (χ0n) is 13.2. The van der Waals surface area contributed by atoms with E-state index < -0.39 is 0 Å². The van der Waals surface area contributed by atoms with E-state index >= 15 is 0 Å². The van der Waals surface area contributed by atoms with Crippen LogP contribution in [0.1, 0.15) is 53.9 Å². The van der Waals surface area contributed by atoms with Crippen molar-refractivity contribution in [1.82, 2.24) is 10.2 Å². The third-order valence-electron chi connectivity index (χ3n) is 4.16. The van der Waals surface area contributed by atoms with E-state index in [9.17, 15) is 0 Å². The minimum Gasteiger partial charge on any atom is -0.379 e. The third kappa shape index (κ3) is 5.25. The number of ether oxygens (including phenoxy) is 1. The van der Waals surface area contributed by atoms with E-state index in [-0.39, 0.29) is 5.60 Å². The smallest absolute Gasteiger partial charge is 0.0634 e.